The minimum absolute atomic E-state index is 0.208. The standard InChI is InChI=1S/C16H21NO4/c1-3-20-15(18)14-9-12(2)10-17(14)16(19)21-11-13-7-5-4-6-8-13/h4-8,12,14H,3,9-11H2,1-2H3/t12-,14-/m0/s1. The lowest BCUT2D eigenvalue weighted by Crippen LogP contribution is -2.41. The van der Waals surface area contributed by atoms with Crippen molar-refractivity contribution in [1.82, 2.24) is 4.90 Å². The molecule has 21 heavy (non-hydrogen) atoms. The highest BCUT2D eigenvalue weighted by atomic mass is 16.6. The zero-order valence-corrected chi connectivity index (χ0v) is 12.5. The molecule has 0 unspecified atom stereocenters. The zero-order valence-electron chi connectivity index (χ0n) is 12.5. The van der Waals surface area contributed by atoms with Crippen LogP contribution in [0.3, 0.4) is 0 Å². The first kappa shape index (κ1) is 15.4. The minimum atomic E-state index is -0.525. The average Bonchev–Trinajstić information content (AvgIpc) is 2.88. The van der Waals surface area contributed by atoms with Gasteiger partial charge in [-0.05, 0) is 24.8 Å². The Labute approximate surface area is 124 Å². The van der Waals surface area contributed by atoms with Crippen LogP contribution in [0.1, 0.15) is 25.8 Å². The van der Waals surface area contributed by atoms with Gasteiger partial charge in [-0.2, -0.15) is 0 Å². The van der Waals surface area contributed by atoms with Gasteiger partial charge in [0.1, 0.15) is 12.6 Å². The van der Waals surface area contributed by atoms with Crippen molar-refractivity contribution in [3.63, 3.8) is 0 Å². The summed E-state index contributed by atoms with van der Waals surface area (Å²) in [7, 11) is 0. The number of carbonyl (C=O) groups excluding carboxylic acids is 2. The molecule has 0 aliphatic carbocycles. The van der Waals surface area contributed by atoms with Crippen LogP contribution in [0.25, 0.3) is 0 Å². The van der Waals surface area contributed by atoms with Gasteiger partial charge in [-0.1, -0.05) is 37.3 Å². The van der Waals surface area contributed by atoms with Gasteiger partial charge in [0.25, 0.3) is 0 Å². The van der Waals surface area contributed by atoms with Crippen LogP contribution in [0.2, 0.25) is 0 Å². The predicted octanol–water partition coefficient (Wildman–Crippen LogP) is 2.60. The molecular weight excluding hydrogens is 270 g/mol. The lowest BCUT2D eigenvalue weighted by molar-refractivity contribution is -0.148. The summed E-state index contributed by atoms with van der Waals surface area (Å²) in [5.74, 6) is -0.0813. The monoisotopic (exact) mass is 291 g/mol. The second kappa shape index (κ2) is 7.11. The third kappa shape index (κ3) is 3.97. The van der Waals surface area contributed by atoms with Crippen LogP contribution in [0.4, 0.5) is 4.79 Å². The number of hydrogen-bond donors (Lipinski definition) is 0. The molecule has 1 aromatic rings. The van der Waals surface area contributed by atoms with E-state index >= 15 is 0 Å². The molecule has 2 rings (SSSR count). The van der Waals surface area contributed by atoms with Crippen molar-refractivity contribution in [3.8, 4) is 0 Å². The molecule has 1 saturated heterocycles. The fourth-order valence-electron chi connectivity index (χ4n) is 2.51. The molecule has 0 spiro atoms. The van der Waals surface area contributed by atoms with Gasteiger partial charge in [0.15, 0.2) is 0 Å². The summed E-state index contributed by atoms with van der Waals surface area (Å²) in [6.45, 7) is 4.82. The molecule has 1 aliphatic rings. The summed E-state index contributed by atoms with van der Waals surface area (Å²) in [5, 5.41) is 0. The van der Waals surface area contributed by atoms with E-state index in [1.165, 1.54) is 4.90 Å². The second-order valence-electron chi connectivity index (χ2n) is 5.30. The SMILES string of the molecule is CCOC(=O)[C@@H]1C[C@H](C)CN1C(=O)OCc1ccccc1. The summed E-state index contributed by atoms with van der Waals surface area (Å²) in [6, 6.07) is 8.95. The maximum Gasteiger partial charge on any atom is 0.410 e. The van der Waals surface area contributed by atoms with Gasteiger partial charge in [0.2, 0.25) is 0 Å². The van der Waals surface area contributed by atoms with Crippen LogP contribution < -0.4 is 0 Å². The largest absolute Gasteiger partial charge is 0.464 e. The van der Waals surface area contributed by atoms with E-state index in [9.17, 15) is 9.59 Å². The fraction of sp³-hybridized carbons (Fsp3) is 0.500. The van der Waals surface area contributed by atoms with Crippen LogP contribution in [0.15, 0.2) is 30.3 Å². The van der Waals surface area contributed by atoms with Crippen molar-refractivity contribution in [2.24, 2.45) is 5.92 Å². The normalized spacial score (nSPS) is 21.1. The van der Waals surface area contributed by atoms with Crippen molar-refractivity contribution >= 4 is 12.1 Å². The Morgan fingerprint density at radius 2 is 1.95 bits per heavy atom. The van der Waals surface area contributed by atoms with E-state index in [4.69, 9.17) is 9.47 Å². The summed E-state index contributed by atoms with van der Waals surface area (Å²) in [4.78, 5) is 25.6. The molecule has 0 aromatic heterocycles. The Bertz CT molecular complexity index is 488. The molecular formula is C16H21NO4. The molecule has 5 heteroatoms. The number of rotatable bonds is 4. The Hall–Kier alpha value is -2.04. The molecule has 1 aliphatic heterocycles. The number of benzene rings is 1. The van der Waals surface area contributed by atoms with Gasteiger partial charge in [0.05, 0.1) is 6.61 Å². The van der Waals surface area contributed by atoms with Gasteiger partial charge >= 0.3 is 12.1 Å². The summed E-state index contributed by atoms with van der Waals surface area (Å²) >= 11 is 0. The Morgan fingerprint density at radius 3 is 2.62 bits per heavy atom. The lowest BCUT2D eigenvalue weighted by atomic mass is 10.1. The molecule has 2 atom stereocenters. The van der Waals surface area contributed by atoms with E-state index in [0.717, 1.165) is 5.56 Å². The van der Waals surface area contributed by atoms with E-state index in [0.29, 0.717) is 19.6 Å². The second-order valence-corrected chi connectivity index (χ2v) is 5.30. The Morgan fingerprint density at radius 1 is 1.24 bits per heavy atom. The molecule has 1 heterocycles. The lowest BCUT2D eigenvalue weighted by Gasteiger charge is -2.22. The van der Waals surface area contributed by atoms with Crippen LogP contribution in [-0.2, 0) is 20.9 Å². The first-order chi connectivity index (χ1) is 10.1. The van der Waals surface area contributed by atoms with Crippen LogP contribution in [0, 0.1) is 5.92 Å². The number of likely N-dealkylation sites (tertiary alicyclic amines) is 1. The number of esters is 1. The van der Waals surface area contributed by atoms with Crippen LogP contribution in [0.5, 0.6) is 0 Å². The maximum atomic E-state index is 12.2. The Kier molecular flexibility index (Phi) is 5.20. The van der Waals surface area contributed by atoms with Gasteiger partial charge in [-0.3, -0.25) is 4.90 Å². The smallest absolute Gasteiger partial charge is 0.410 e. The molecule has 5 nitrogen and oxygen atoms in total. The first-order valence-corrected chi connectivity index (χ1v) is 7.25. The van der Waals surface area contributed by atoms with E-state index in [-0.39, 0.29) is 18.5 Å². The maximum absolute atomic E-state index is 12.2. The molecule has 0 N–H and O–H groups in total. The number of carbonyl (C=O) groups is 2. The van der Waals surface area contributed by atoms with E-state index in [2.05, 4.69) is 0 Å². The molecule has 0 saturated carbocycles. The van der Waals surface area contributed by atoms with Gasteiger partial charge in [-0.15, -0.1) is 0 Å². The first-order valence-electron chi connectivity index (χ1n) is 7.25. The van der Waals surface area contributed by atoms with E-state index in [1.54, 1.807) is 6.92 Å². The highest BCUT2D eigenvalue weighted by Crippen LogP contribution is 2.24. The molecule has 114 valence electrons. The summed E-state index contributed by atoms with van der Waals surface area (Å²) in [5.41, 5.74) is 0.922. The molecule has 0 radical (unpaired) electrons. The summed E-state index contributed by atoms with van der Waals surface area (Å²) < 4.78 is 10.3. The van der Waals surface area contributed by atoms with Crippen LogP contribution in [-0.4, -0.2) is 36.2 Å². The minimum Gasteiger partial charge on any atom is -0.464 e. The quantitative estimate of drug-likeness (QED) is 0.800. The van der Waals surface area contributed by atoms with Crippen LogP contribution >= 0.6 is 0 Å². The third-order valence-corrected chi connectivity index (χ3v) is 3.51. The number of hydrogen-bond acceptors (Lipinski definition) is 4. The van der Waals surface area contributed by atoms with Crippen molar-refractivity contribution in [3.05, 3.63) is 35.9 Å². The molecule has 1 fully saturated rings. The zero-order chi connectivity index (χ0) is 15.2. The molecule has 1 amide bonds. The Balaban J connectivity index is 1.94. The fourth-order valence-corrected chi connectivity index (χ4v) is 2.51. The summed E-state index contributed by atoms with van der Waals surface area (Å²) in [6.07, 6.45) is 0.167. The number of nitrogens with zero attached hydrogens (tertiary/aromatic N) is 1. The molecule has 1 aromatic carbocycles. The van der Waals surface area contributed by atoms with Crippen molar-refractivity contribution in [2.45, 2.75) is 32.9 Å². The van der Waals surface area contributed by atoms with Crippen molar-refractivity contribution in [1.29, 1.82) is 0 Å². The highest BCUT2D eigenvalue weighted by molar-refractivity contribution is 5.82. The third-order valence-electron chi connectivity index (χ3n) is 3.51. The van der Waals surface area contributed by atoms with E-state index < -0.39 is 12.1 Å². The number of ether oxygens (including phenoxy) is 2. The average molecular weight is 291 g/mol. The molecule has 0 bridgehead atoms. The number of amides is 1. The van der Waals surface area contributed by atoms with Gasteiger partial charge in [-0.25, -0.2) is 9.59 Å². The van der Waals surface area contributed by atoms with Gasteiger partial charge in [0, 0.05) is 6.54 Å². The predicted molar refractivity (Wildman–Crippen MR) is 77.5 cm³/mol. The highest BCUT2D eigenvalue weighted by Gasteiger charge is 2.39. The topological polar surface area (TPSA) is 55.8 Å². The van der Waals surface area contributed by atoms with Gasteiger partial charge < -0.3 is 9.47 Å². The van der Waals surface area contributed by atoms with Crippen molar-refractivity contribution in [2.75, 3.05) is 13.2 Å². The van der Waals surface area contributed by atoms with E-state index in [1.807, 2.05) is 37.3 Å². The van der Waals surface area contributed by atoms with Crippen molar-refractivity contribution < 1.29 is 19.1 Å².